The molecule has 0 unspecified atom stereocenters. The molecule has 0 bridgehead atoms. The van der Waals surface area contributed by atoms with Gasteiger partial charge in [-0.25, -0.2) is 4.79 Å². The third-order valence-corrected chi connectivity index (χ3v) is 17.8. The zero-order chi connectivity index (χ0) is 29.3. The van der Waals surface area contributed by atoms with Gasteiger partial charge in [0.25, 0.3) is 0 Å². The first-order chi connectivity index (χ1) is 18.5. The van der Waals surface area contributed by atoms with Crippen LogP contribution in [-0.2, 0) is 29.7 Å². The summed E-state index contributed by atoms with van der Waals surface area (Å²) in [6.45, 7) is 19.2. The molecule has 0 aliphatic carbocycles. The first-order valence-electron chi connectivity index (χ1n) is 14.9. The zero-order valence-electron chi connectivity index (χ0n) is 25.8. The van der Waals surface area contributed by atoms with Crippen LogP contribution in [0.2, 0.25) is 36.3 Å². The molecule has 7 nitrogen and oxygen atoms in total. The highest BCUT2D eigenvalue weighted by Crippen LogP contribution is 2.38. The number of amides is 1. The number of carbonyl (C=O) groups is 2. The first kappa shape index (κ1) is 33.7. The number of rotatable bonds is 15. The molecule has 0 aromatic heterocycles. The molecule has 1 heterocycles. The average Bonchev–Trinajstić information content (AvgIpc) is 3.21. The van der Waals surface area contributed by atoms with E-state index < -0.39 is 52.6 Å². The lowest BCUT2D eigenvalue weighted by Crippen LogP contribution is -2.52. The van der Waals surface area contributed by atoms with Crippen LogP contribution in [0.25, 0.3) is 0 Å². The summed E-state index contributed by atoms with van der Waals surface area (Å²) in [6.07, 6.45) is -0.689. The molecule has 222 valence electrons. The maximum absolute atomic E-state index is 13.7. The summed E-state index contributed by atoms with van der Waals surface area (Å²) in [4.78, 5) is 28.1. The quantitative estimate of drug-likeness (QED) is 0.162. The van der Waals surface area contributed by atoms with Gasteiger partial charge in [0, 0.05) is 0 Å². The van der Waals surface area contributed by atoms with Crippen LogP contribution in [0.1, 0.15) is 67.9 Å². The Morgan fingerprint density at radius 1 is 0.846 bits per heavy atom. The second-order valence-corrected chi connectivity index (χ2v) is 21.2. The molecule has 9 heteroatoms. The Hall–Kier alpha value is -1.53. The van der Waals surface area contributed by atoms with Gasteiger partial charge < -0.3 is 23.1 Å². The molecule has 1 aliphatic heterocycles. The predicted octanol–water partition coefficient (Wildman–Crippen LogP) is 7.17. The summed E-state index contributed by atoms with van der Waals surface area (Å²) < 4.78 is 26.3. The monoisotopic (exact) mass is 579 g/mol. The highest BCUT2D eigenvalue weighted by atomic mass is 28.4. The van der Waals surface area contributed by atoms with Crippen molar-refractivity contribution in [3.63, 3.8) is 0 Å². The van der Waals surface area contributed by atoms with Crippen LogP contribution in [0, 0.1) is 0 Å². The Morgan fingerprint density at radius 3 is 1.77 bits per heavy atom. The fourth-order valence-electron chi connectivity index (χ4n) is 5.57. The first-order valence-corrected chi connectivity index (χ1v) is 20.0. The smallest absolute Gasteiger partial charge is 0.411 e. The normalized spacial score (nSPS) is 22.2. The van der Waals surface area contributed by atoms with Gasteiger partial charge in [-0.1, -0.05) is 71.9 Å². The standard InChI is InChI=1S/C30H53NO6Si2/c1-10-38(11-2,12-3)36-27-25(21-32)31(29(33)35-30(7,8)9)26(23-34-22-24-19-17-16-18-20-24)28(27)37-39(13-4,14-5)15-6/h16-21,25-28H,10-15,22-23H2,1-9H3/t25-,26+,27+,28+/m0/s1. The molecule has 1 aliphatic rings. The number of hydrogen-bond donors (Lipinski definition) is 0. The van der Waals surface area contributed by atoms with E-state index in [1.807, 2.05) is 51.1 Å². The number of likely N-dealkylation sites (tertiary alicyclic amines) is 1. The Morgan fingerprint density at radius 2 is 1.33 bits per heavy atom. The summed E-state index contributed by atoms with van der Waals surface area (Å²) >= 11 is 0. The van der Waals surface area contributed by atoms with Gasteiger partial charge in [0.2, 0.25) is 0 Å². The zero-order valence-corrected chi connectivity index (χ0v) is 27.8. The summed E-state index contributed by atoms with van der Waals surface area (Å²) in [5.41, 5.74) is 0.337. The van der Waals surface area contributed by atoms with Crippen molar-refractivity contribution >= 4 is 29.0 Å². The molecule has 0 spiro atoms. The predicted molar refractivity (Wildman–Crippen MR) is 162 cm³/mol. The molecule has 1 aromatic carbocycles. The van der Waals surface area contributed by atoms with Gasteiger partial charge >= 0.3 is 6.09 Å². The maximum Gasteiger partial charge on any atom is 0.411 e. The summed E-state index contributed by atoms with van der Waals surface area (Å²) in [7, 11) is -4.30. The van der Waals surface area contributed by atoms with Crippen molar-refractivity contribution in [2.24, 2.45) is 0 Å². The van der Waals surface area contributed by atoms with Gasteiger partial charge in [-0.05, 0) is 62.6 Å². The van der Waals surface area contributed by atoms with E-state index in [0.29, 0.717) is 6.61 Å². The van der Waals surface area contributed by atoms with E-state index in [4.69, 9.17) is 18.3 Å². The molecular weight excluding hydrogens is 527 g/mol. The minimum Gasteiger partial charge on any atom is -0.444 e. The van der Waals surface area contributed by atoms with Gasteiger partial charge in [-0.15, -0.1) is 0 Å². The molecule has 1 amide bonds. The van der Waals surface area contributed by atoms with Crippen molar-refractivity contribution in [3.8, 4) is 0 Å². The third kappa shape index (κ3) is 8.49. The van der Waals surface area contributed by atoms with Crippen molar-refractivity contribution in [1.82, 2.24) is 4.90 Å². The van der Waals surface area contributed by atoms with E-state index in [1.54, 1.807) is 4.90 Å². The molecule has 2 rings (SSSR count). The lowest BCUT2D eigenvalue weighted by atomic mass is 10.1. The van der Waals surface area contributed by atoms with E-state index in [9.17, 15) is 9.59 Å². The molecule has 4 atom stereocenters. The highest BCUT2D eigenvalue weighted by molar-refractivity contribution is 6.74. The van der Waals surface area contributed by atoms with E-state index in [2.05, 4.69) is 41.5 Å². The topological polar surface area (TPSA) is 74.3 Å². The molecule has 1 fully saturated rings. The van der Waals surface area contributed by atoms with E-state index in [-0.39, 0.29) is 6.61 Å². The van der Waals surface area contributed by atoms with E-state index >= 15 is 0 Å². The van der Waals surface area contributed by atoms with Crippen LogP contribution in [0.4, 0.5) is 4.79 Å². The van der Waals surface area contributed by atoms with E-state index in [1.165, 1.54) is 0 Å². The second-order valence-electron chi connectivity index (χ2n) is 11.7. The van der Waals surface area contributed by atoms with Gasteiger partial charge in [0.05, 0.1) is 31.5 Å². The minimum absolute atomic E-state index is 0.226. The summed E-state index contributed by atoms with van der Waals surface area (Å²) in [5, 5.41) is 0. The fourth-order valence-corrected chi connectivity index (χ4v) is 11.3. The molecular formula is C30H53NO6Si2. The lowest BCUT2D eigenvalue weighted by Gasteiger charge is -2.39. The van der Waals surface area contributed by atoms with Crippen LogP contribution in [0.3, 0.4) is 0 Å². The van der Waals surface area contributed by atoms with Crippen molar-refractivity contribution in [2.45, 2.75) is 135 Å². The SMILES string of the molecule is CC[Si](CC)(CC)O[C@H]1[C@H](O[Si](CC)(CC)CC)[C@H](C=O)N(C(=O)OC(C)(C)C)[C@@H]1COCc1ccccc1. The molecule has 1 saturated heterocycles. The Labute approximate surface area is 239 Å². The van der Waals surface area contributed by atoms with Crippen molar-refractivity contribution in [1.29, 1.82) is 0 Å². The van der Waals surface area contributed by atoms with Gasteiger partial charge in [-0.3, -0.25) is 4.90 Å². The number of benzene rings is 1. The van der Waals surface area contributed by atoms with Crippen LogP contribution < -0.4 is 0 Å². The number of nitrogens with zero attached hydrogens (tertiary/aromatic N) is 1. The van der Waals surface area contributed by atoms with Crippen molar-refractivity contribution in [2.75, 3.05) is 6.61 Å². The van der Waals surface area contributed by atoms with Crippen LogP contribution in [0.15, 0.2) is 30.3 Å². The van der Waals surface area contributed by atoms with Crippen LogP contribution in [0.5, 0.6) is 0 Å². The Kier molecular flexibility index (Phi) is 12.9. The number of aldehydes is 1. The Bertz CT molecular complexity index is 869. The third-order valence-electron chi connectivity index (χ3n) is 8.50. The Balaban J connectivity index is 2.58. The number of ether oxygens (including phenoxy) is 2. The van der Waals surface area contributed by atoms with Crippen molar-refractivity contribution < 1.29 is 27.9 Å². The number of carbonyl (C=O) groups excluding carboxylic acids is 2. The van der Waals surface area contributed by atoms with Crippen LogP contribution >= 0.6 is 0 Å². The molecule has 0 radical (unpaired) electrons. The number of hydrogen-bond acceptors (Lipinski definition) is 6. The van der Waals surface area contributed by atoms with Crippen LogP contribution in [-0.4, -0.2) is 70.4 Å². The molecule has 0 N–H and O–H groups in total. The fraction of sp³-hybridized carbons (Fsp3) is 0.733. The second kappa shape index (κ2) is 14.9. The lowest BCUT2D eigenvalue weighted by molar-refractivity contribution is -0.114. The van der Waals surface area contributed by atoms with Gasteiger partial charge in [0.15, 0.2) is 16.6 Å². The van der Waals surface area contributed by atoms with E-state index in [0.717, 1.165) is 48.1 Å². The van der Waals surface area contributed by atoms with Crippen molar-refractivity contribution in [3.05, 3.63) is 35.9 Å². The molecule has 39 heavy (non-hydrogen) atoms. The van der Waals surface area contributed by atoms with Gasteiger partial charge in [-0.2, -0.15) is 0 Å². The highest BCUT2D eigenvalue weighted by Gasteiger charge is 2.57. The maximum atomic E-state index is 13.7. The van der Waals surface area contributed by atoms with Gasteiger partial charge in [0.1, 0.15) is 17.9 Å². The largest absolute Gasteiger partial charge is 0.444 e. The summed E-state index contributed by atoms with van der Waals surface area (Å²) in [5.74, 6) is 0. The average molecular weight is 580 g/mol. The molecule has 1 aromatic rings. The summed E-state index contributed by atoms with van der Waals surface area (Å²) in [6, 6.07) is 14.3. The molecule has 0 saturated carbocycles. The minimum atomic E-state index is -2.16.